The number of rotatable bonds is 8. The molecule has 0 heterocycles. The van der Waals surface area contributed by atoms with E-state index < -0.39 is 0 Å². The van der Waals surface area contributed by atoms with E-state index in [9.17, 15) is 4.39 Å². The van der Waals surface area contributed by atoms with Gasteiger partial charge in [0.2, 0.25) is 0 Å². The second-order valence-corrected chi connectivity index (χ2v) is 6.97. The molecule has 4 heteroatoms. The number of ether oxygens (including phenoxy) is 1. The Morgan fingerprint density at radius 3 is 2.19 bits per heavy atom. The highest BCUT2D eigenvalue weighted by atomic mass is 19.1. The highest BCUT2D eigenvalue weighted by Gasteiger charge is 2.17. The van der Waals surface area contributed by atoms with E-state index in [1.807, 2.05) is 18.2 Å². The Morgan fingerprint density at radius 2 is 1.56 bits per heavy atom. The van der Waals surface area contributed by atoms with Crippen molar-refractivity contribution in [3.63, 3.8) is 0 Å². The number of halogens is 1. The van der Waals surface area contributed by atoms with Crippen LogP contribution in [-0.4, -0.2) is 32.4 Å². The first-order valence-corrected chi connectivity index (χ1v) is 9.29. The Morgan fingerprint density at radius 1 is 0.926 bits per heavy atom. The Kier molecular flexibility index (Phi) is 6.66. The van der Waals surface area contributed by atoms with Gasteiger partial charge in [0, 0.05) is 18.7 Å². The first-order chi connectivity index (χ1) is 13.1. The molecule has 0 radical (unpaired) electrons. The topological polar surface area (TPSA) is 12.5 Å². The third-order valence-corrected chi connectivity index (χ3v) is 4.80. The second-order valence-electron chi connectivity index (χ2n) is 6.97. The van der Waals surface area contributed by atoms with Crippen molar-refractivity contribution in [1.29, 1.82) is 0 Å². The Hall–Kier alpha value is -2.59. The molecule has 0 bridgehead atoms. The number of benzene rings is 3. The number of likely N-dealkylation sites (N-methyl/N-ethyl adjacent to an activating group) is 1. The third kappa shape index (κ3) is 5.70. The van der Waals surface area contributed by atoms with Crippen LogP contribution in [0.15, 0.2) is 78.9 Å². The SMILES string of the molecule is Bc1ccc(OC[C@H](Cc2ccccc2)N(C)Cc2ccccc2)cc1F. The van der Waals surface area contributed by atoms with Crippen molar-refractivity contribution in [3.05, 3.63) is 95.8 Å². The van der Waals surface area contributed by atoms with Crippen LogP contribution in [0.3, 0.4) is 0 Å². The van der Waals surface area contributed by atoms with Crippen LogP contribution in [0.25, 0.3) is 0 Å². The summed E-state index contributed by atoms with van der Waals surface area (Å²) in [5, 5.41) is 0. The van der Waals surface area contributed by atoms with Crippen molar-refractivity contribution in [1.82, 2.24) is 4.90 Å². The molecule has 2 nitrogen and oxygen atoms in total. The van der Waals surface area contributed by atoms with Crippen molar-refractivity contribution < 1.29 is 9.13 Å². The highest BCUT2D eigenvalue weighted by molar-refractivity contribution is 6.32. The molecule has 0 fully saturated rings. The summed E-state index contributed by atoms with van der Waals surface area (Å²) in [6.45, 7) is 1.34. The number of hydrogen-bond donors (Lipinski definition) is 0. The van der Waals surface area contributed by atoms with E-state index in [0.29, 0.717) is 17.8 Å². The fourth-order valence-electron chi connectivity index (χ4n) is 3.08. The van der Waals surface area contributed by atoms with Gasteiger partial charge in [-0.2, -0.15) is 0 Å². The summed E-state index contributed by atoms with van der Waals surface area (Å²) in [5.41, 5.74) is 3.16. The zero-order valence-electron chi connectivity index (χ0n) is 15.9. The largest absolute Gasteiger partial charge is 0.492 e. The Labute approximate surface area is 162 Å². The monoisotopic (exact) mass is 361 g/mol. The van der Waals surface area contributed by atoms with Crippen molar-refractivity contribution in [3.8, 4) is 5.75 Å². The smallest absolute Gasteiger partial charge is 0.143 e. The predicted molar refractivity (Wildman–Crippen MR) is 112 cm³/mol. The van der Waals surface area contributed by atoms with Crippen LogP contribution in [0.1, 0.15) is 11.1 Å². The van der Waals surface area contributed by atoms with Gasteiger partial charge in [-0.15, -0.1) is 0 Å². The van der Waals surface area contributed by atoms with Crippen LogP contribution in [-0.2, 0) is 13.0 Å². The van der Waals surface area contributed by atoms with Crippen LogP contribution in [0.2, 0.25) is 0 Å². The lowest BCUT2D eigenvalue weighted by molar-refractivity contribution is 0.154. The van der Waals surface area contributed by atoms with Crippen LogP contribution in [0.4, 0.5) is 4.39 Å². The number of hydrogen-bond acceptors (Lipinski definition) is 2. The average molecular weight is 361 g/mol. The summed E-state index contributed by atoms with van der Waals surface area (Å²) in [6.07, 6.45) is 0.874. The Bertz CT molecular complexity index is 842. The van der Waals surface area contributed by atoms with Gasteiger partial charge >= 0.3 is 0 Å². The molecule has 3 aromatic rings. The highest BCUT2D eigenvalue weighted by Crippen LogP contribution is 2.15. The van der Waals surface area contributed by atoms with Gasteiger partial charge in [0.1, 0.15) is 26.0 Å². The van der Waals surface area contributed by atoms with Crippen molar-refractivity contribution in [2.45, 2.75) is 19.0 Å². The lowest BCUT2D eigenvalue weighted by Crippen LogP contribution is -2.38. The van der Waals surface area contributed by atoms with Crippen LogP contribution >= 0.6 is 0 Å². The van der Waals surface area contributed by atoms with Gasteiger partial charge in [-0.3, -0.25) is 4.90 Å². The molecule has 1 atom stereocenters. The van der Waals surface area contributed by atoms with Gasteiger partial charge in [0.15, 0.2) is 0 Å². The molecule has 138 valence electrons. The van der Waals surface area contributed by atoms with E-state index in [2.05, 4.69) is 60.5 Å². The first-order valence-electron chi connectivity index (χ1n) is 9.29. The van der Waals surface area contributed by atoms with Crippen molar-refractivity contribution in [2.24, 2.45) is 0 Å². The molecule has 3 rings (SSSR count). The molecular formula is C23H25BFNO. The Balaban J connectivity index is 1.71. The lowest BCUT2D eigenvalue weighted by atomic mass is 9.96. The molecule has 27 heavy (non-hydrogen) atoms. The van der Waals surface area contributed by atoms with E-state index in [4.69, 9.17) is 4.74 Å². The summed E-state index contributed by atoms with van der Waals surface area (Å²) >= 11 is 0. The molecule has 0 saturated carbocycles. The minimum Gasteiger partial charge on any atom is -0.492 e. The van der Waals surface area contributed by atoms with Crippen LogP contribution < -0.4 is 10.2 Å². The second kappa shape index (κ2) is 9.38. The lowest BCUT2D eigenvalue weighted by Gasteiger charge is -2.28. The van der Waals surface area contributed by atoms with E-state index in [0.717, 1.165) is 13.0 Å². The first kappa shape index (κ1) is 19.2. The third-order valence-electron chi connectivity index (χ3n) is 4.80. The zero-order chi connectivity index (χ0) is 19.1. The van der Waals surface area contributed by atoms with Crippen LogP contribution in [0, 0.1) is 5.82 Å². The molecule has 0 aliphatic carbocycles. The van der Waals surface area contributed by atoms with Gasteiger partial charge in [0.05, 0.1) is 0 Å². The molecule has 0 saturated heterocycles. The molecule has 3 aromatic carbocycles. The molecule has 0 aliphatic heterocycles. The fourth-order valence-corrected chi connectivity index (χ4v) is 3.08. The van der Waals surface area contributed by atoms with E-state index >= 15 is 0 Å². The van der Waals surface area contributed by atoms with Crippen LogP contribution in [0.5, 0.6) is 5.75 Å². The van der Waals surface area contributed by atoms with E-state index in [1.165, 1.54) is 17.2 Å². The maximum absolute atomic E-state index is 13.8. The minimum atomic E-state index is -0.232. The van der Waals surface area contributed by atoms with Gasteiger partial charge in [-0.05, 0) is 30.7 Å². The summed E-state index contributed by atoms with van der Waals surface area (Å²) in [4.78, 5) is 2.30. The maximum atomic E-state index is 13.8. The molecular weight excluding hydrogens is 336 g/mol. The molecule has 0 N–H and O–H groups in total. The molecule has 0 aliphatic rings. The molecule has 0 spiro atoms. The molecule has 0 unspecified atom stereocenters. The van der Waals surface area contributed by atoms with Gasteiger partial charge in [-0.25, -0.2) is 4.39 Å². The normalized spacial score (nSPS) is 12.1. The molecule has 0 amide bonds. The predicted octanol–water partition coefficient (Wildman–Crippen LogP) is 3.21. The van der Waals surface area contributed by atoms with Crippen molar-refractivity contribution in [2.75, 3.05) is 13.7 Å². The summed E-state index contributed by atoms with van der Waals surface area (Å²) in [7, 11) is 3.87. The van der Waals surface area contributed by atoms with Crippen molar-refractivity contribution >= 4 is 13.3 Å². The summed E-state index contributed by atoms with van der Waals surface area (Å²) in [6, 6.07) is 26.0. The van der Waals surface area contributed by atoms with E-state index in [1.54, 1.807) is 13.9 Å². The average Bonchev–Trinajstić information content (AvgIpc) is 2.69. The fraction of sp³-hybridized carbons (Fsp3) is 0.217. The molecule has 0 aromatic heterocycles. The summed E-state index contributed by atoms with van der Waals surface area (Å²) < 4.78 is 19.8. The van der Waals surface area contributed by atoms with E-state index in [-0.39, 0.29) is 11.9 Å². The van der Waals surface area contributed by atoms with Gasteiger partial charge in [0.25, 0.3) is 0 Å². The van der Waals surface area contributed by atoms with Gasteiger partial charge in [-0.1, -0.05) is 72.2 Å². The quantitative estimate of drug-likeness (QED) is 0.572. The minimum absolute atomic E-state index is 0.178. The van der Waals surface area contributed by atoms with Gasteiger partial charge < -0.3 is 4.74 Å². The summed E-state index contributed by atoms with van der Waals surface area (Å²) in [5.74, 6) is 0.342. The maximum Gasteiger partial charge on any atom is 0.143 e. The zero-order valence-corrected chi connectivity index (χ0v) is 15.9. The number of nitrogens with zero attached hydrogens (tertiary/aromatic N) is 1. The standard InChI is InChI=1S/C23H25BFNO/c1-26(16-19-10-6-3-7-11-19)20(14-18-8-4-2-5-9-18)17-27-21-12-13-22(24)23(25)15-21/h2-13,15,20H,14,16-17,24H2,1H3/t20-/m0/s1.